The van der Waals surface area contributed by atoms with Gasteiger partial charge in [0.2, 0.25) is 11.8 Å². The summed E-state index contributed by atoms with van der Waals surface area (Å²) in [5.74, 6) is -2.70. The molecule has 1 aliphatic rings. The number of H-pyrrole nitrogens is 1. The van der Waals surface area contributed by atoms with Crippen LogP contribution in [0.15, 0.2) is 61.1 Å². The maximum absolute atomic E-state index is 15.0. The lowest BCUT2D eigenvalue weighted by Crippen LogP contribution is -2.29. The van der Waals surface area contributed by atoms with Gasteiger partial charge in [-0.2, -0.15) is 4.68 Å². The van der Waals surface area contributed by atoms with Crippen LogP contribution >= 0.6 is 11.6 Å². The minimum Gasteiger partial charge on any atom is -0.342 e. The van der Waals surface area contributed by atoms with Crippen LogP contribution in [0.25, 0.3) is 23.0 Å². The number of anilines is 1. The van der Waals surface area contributed by atoms with Crippen molar-refractivity contribution in [1.29, 1.82) is 0 Å². The second-order valence-corrected chi connectivity index (χ2v) is 10.2. The molecule has 2 aromatic carbocycles. The minimum atomic E-state index is -0.809. The van der Waals surface area contributed by atoms with E-state index in [1.807, 2.05) is 0 Å². The van der Waals surface area contributed by atoms with Crippen molar-refractivity contribution >= 4 is 35.2 Å². The molecule has 1 atom stereocenters. The maximum Gasteiger partial charge on any atom is 0.244 e. The molecule has 0 radical (unpaired) electrons. The van der Waals surface area contributed by atoms with E-state index >= 15 is 4.39 Å². The van der Waals surface area contributed by atoms with Gasteiger partial charge in [0.1, 0.15) is 23.8 Å². The van der Waals surface area contributed by atoms with Crippen molar-refractivity contribution in [2.75, 3.05) is 5.32 Å². The van der Waals surface area contributed by atoms with Crippen molar-refractivity contribution in [2.24, 2.45) is 0 Å². The maximum atomic E-state index is 15.0. The normalized spacial score (nSPS) is 15.0. The van der Waals surface area contributed by atoms with Crippen molar-refractivity contribution in [3.8, 4) is 16.9 Å². The highest BCUT2D eigenvalue weighted by Gasteiger charge is 2.22. The number of halogens is 4. The second kappa shape index (κ2) is 12.1. The van der Waals surface area contributed by atoms with Crippen LogP contribution in [0.5, 0.6) is 0 Å². The molecule has 11 nitrogen and oxygen atoms in total. The number of rotatable bonds is 4. The van der Waals surface area contributed by atoms with Crippen molar-refractivity contribution in [1.82, 2.24) is 40.5 Å². The number of fused-ring (bicyclic) bond motifs is 6. The van der Waals surface area contributed by atoms with E-state index < -0.39 is 35.3 Å². The molecule has 3 N–H and O–H groups in total. The molecule has 15 heteroatoms. The molecule has 4 heterocycles. The summed E-state index contributed by atoms with van der Waals surface area (Å²) in [7, 11) is 0. The standard InChI is InChI=1S/C29H21ClF3N9O2/c30-19-5-8-25(42-14-35-40-41-42)18(28(19)33)4-9-26(43)38-23-12-16-2-6-20(32)21(36-16)7-10-27(44)37-22-11-15(31)1-3-17(22)24-13-34-29(23)39-24/h1-6,8-9,11,13-14,23H,7,10,12H2,(H,34,39)(H,37,44)(H,38,43). The Kier molecular flexibility index (Phi) is 7.89. The number of carbonyl (C=O) groups excluding carboxylic acids is 2. The number of aromatic nitrogens is 7. The number of benzene rings is 2. The monoisotopic (exact) mass is 619 g/mol. The average molecular weight is 620 g/mol. The first-order valence-corrected chi connectivity index (χ1v) is 13.6. The van der Waals surface area contributed by atoms with Crippen LogP contribution in [0.2, 0.25) is 5.02 Å². The number of pyridine rings is 1. The SMILES string of the molecule is O=C(C=Cc1c(-n2cnnn2)ccc(Cl)c1F)NC1Cc2ccc(F)c(n2)CCC(=O)Nc2cc(F)ccc2-c2cnc1[nH]2. The van der Waals surface area contributed by atoms with Crippen LogP contribution in [-0.4, -0.2) is 47.0 Å². The van der Waals surface area contributed by atoms with Crippen molar-refractivity contribution in [3.63, 3.8) is 0 Å². The van der Waals surface area contributed by atoms with Crippen molar-refractivity contribution in [2.45, 2.75) is 25.3 Å². The molecule has 0 spiro atoms. The Labute approximate surface area is 252 Å². The summed E-state index contributed by atoms with van der Waals surface area (Å²) in [4.78, 5) is 37.8. The van der Waals surface area contributed by atoms with Crippen molar-refractivity contribution in [3.05, 3.63) is 106 Å². The van der Waals surface area contributed by atoms with Crippen LogP contribution in [-0.2, 0) is 22.4 Å². The molecule has 1 unspecified atom stereocenters. The molecule has 3 aromatic heterocycles. The molecule has 2 amide bonds. The van der Waals surface area contributed by atoms with Gasteiger partial charge in [-0.1, -0.05) is 11.6 Å². The number of imidazole rings is 1. The quantitative estimate of drug-likeness (QED) is 0.251. The number of aryl methyl sites for hydroxylation is 1. The van der Waals surface area contributed by atoms with Crippen LogP contribution in [0, 0.1) is 17.5 Å². The summed E-state index contributed by atoms with van der Waals surface area (Å²) in [6.45, 7) is 0. The number of nitrogens with zero attached hydrogens (tertiary/aromatic N) is 6. The summed E-state index contributed by atoms with van der Waals surface area (Å²) in [5.41, 5.74) is 1.80. The van der Waals surface area contributed by atoms with E-state index in [0.717, 1.165) is 6.08 Å². The number of hydrogen-bond donors (Lipinski definition) is 3. The van der Waals surface area contributed by atoms with Gasteiger partial charge in [-0.25, -0.2) is 18.2 Å². The summed E-state index contributed by atoms with van der Waals surface area (Å²) in [6.07, 6.45) is 5.09. The van der Waals surface area contributed by atoms with E-state index in [1.54, 1.807) is 0 Å². The van der Waals surface area contributed by atoms with Gasteiger partial charge in [-0.05, 0) is 59.0 Å². The molecule has 0 aliphatic carbocycles. The van der Waals surface area contributed by atoms with E-state index in [2.05, 4.69) is 41.1 Å². The van der Waals surface area contributed by atoms with Crippen LogP contribution in [0.3, 0.4) is 0 Å². The number of carbonyl (C=O) groups is 2. The summed E-state index contributed by atoms with van der Waals surface area (Å²) in [5, 5.41) is 16.2. The van der Waals surface area contributed by atoms with E-state index in [1.165, 1.54) is 65.7 Å². The number of aromatic amines is 1. The third kappa shape index (κ3) is 6.06. The predicted octanol–water partition coefficient (Wildman–Crippen LogP) is 4.52. The first-order valence-electron chi connectivity index (χ1n) is 13.2. The van der Waals surface area contributed by atoms with E-state index in [4.69, 9.17) is 11.6 Å². The van der Waals surface area contributed by atoms with E-state index in [9.17, 15) is 18.4 Å². The number of amides is 2. The van der Waals surface area contributed by atoms with Gasteiger partial charge < -0.3 is 15.6 Å². The third-order valence-electron chi connectivity index (χ3n) is 6.87. The lowest BCUT2D eigenvalue weighted by molar-refractivity contribution is -0.117. The smallest absolute Gasteiger partial charge is 0.244 e. The number of hydrogen-bond acceptors (Lipinski definition) is 7. The Morgan fingerprint density at radius 2 is 1.98 bits per heavy atom. The zero-order valence-corrected chi connectivity index (χ0v) is 23.3. The van der Waals surface area contributed by atoms with Crippen LogP contribution in [0.4, 0.5) is 18.9 Å². The second-order valence-electron chi connectivity index (χ2n) is 9.80. The molecular weight excluding hydrogens is 599 g/mol. The largest absolute Gasteiger partial charge is 0.342 e. The molecule has 0 saturated heterocycles. The van der Waals surface area contributed by atoms with Crippen molar-refractivity contribution < 1.29 is 22.8 Å². The fraction of sp³-hybridized carbons (Fsp3) is 0.138. The first kappa shape index (κ1) is 28.7. The Morgan fingerprint density at radius 3 is 2.80 bits per heavy atom. The summed E-state index contributed by atoms with van der Waals surface area (Å²) in [6, 6.07) is 8.64. The Hall–Kier alpha value is -5.37. The van der Waals surface area contributed by atoms with E-state index in [0.29, 0.717) is 22.8 Å². The fourth-order valence-electron chi connectivity index (χ4n) is 4.76. The number of tetrazole rings is 1. The summed E-state index contributed by atoms with van der Waals surface area (Å²) >= 11 is 5.99. The molecule has 44 heavy (non-hydrogen) atoms. The minimum absolute atomic E-state index is 0.00730. The van der Waals surface area contributed by atoms with Gasteiger partial charge in [0.15, 0.2) is 5.82 Å². The molecule has 222 valence electrons. The average Bonchev–Trinajstić information content (AvgIpc) is 3.71. The van der Waals surface area contributed by atoms with Crippen LogP contribution in [0.1, 0.15) is 35.2 Å². The highest BCUT2D eigenvalue weighted by molar-refractivity contribution is 6.31. The molecule has 4 bridgehead atoms. The molecule has 5 aromatic rings. The zero-order valence-electron chi connectivity index (χ0n) is 22.6. The lowest BCUT2D eigenvalue weighted by atomic mass is 10.1. The molecule has 0 saturated carbocycles. The van der Waals surface area contributed by atoms with Crippen LogP contribution < -0.4 is 10.6 Å². The summed E-state index contributed by atoms with van der Waals surface area (Å²) < 4.78 is 44.9. The van der Waals surface area contributed by atoms with Gasteiger partial charge in [0.25, 0.3) is 0 Å². The highest BCUT2D eigenvalue weighted by atomic mass is 35.5. The van der Waals surface area contributed by atoms with Gasteiger partial charge in [0.05, 0.1) is 40.0 Å². The lowest BCUT2D eigenvalue weighted by Gasteiger charge is -2.17. The predicted molar refractivity (Wildman–Crippen MR) is 153 cm³/mol. The Bertz CT molecular complexity index is 1910. The third-order valence-corrected chi connectivity index (χ3v) is 7.17. The van der Waals surface area contributed by atoms with Gasteiger partial charge in [-0.3, -0.25) is 14.6 Å². The van der Waals surface area contributed by atoms with Gasteiger partial charge in [0, 0.05) is 42.2 Å². The first-order chi connectivity index (χ1) is 21.2. The van der Waals surface area contributed by atoms with E-state index in [-0.39, 0.29) is 46.9 Å². The highest BCUT2D eigenvalue weighted by Crippen LogP contribution is 2.30. The van der Waals surface area contributed by atoms with Gasteiger partial charge >= 0.3 is 0 Å². The van der Waals surface area contributed by atoms with Gasteiger partial charge in [-0.15, -0.1) is 5.10 Å². The topological polar surface area (TPSA) is 143 Å². The Balaban J connectivity index is 1.36. The Morgan fingerprint density at radius 1 is 1.11 bits per heavy atom. The molecule has 1 aliphatic heterocycles. The number of nitrogens with one attached hydrogen (secondary N) is 3. The fourth-order valence-corrected chi connectivity index (χ4v) is 4.92. The zero-order chi connectivity index (χ0) is 30.8. The molecule has 0 fully saturated rings. The molecule has 6 rings (SSSR count). The molecular formula is C29H21ClF3N9O2.